The van der Waals surface area contributed by atoms with Gasteiger partial charge >= 0.3 is 0 Å². The average molecular weight is 83.1 g/mol. The third-order valence-corrected chi connectivity index (χ3v) is 0.535. The Labute approximate surface area is 38.2 Å². The maximum absolute atomic E-state index is 6.40. The molecular formula is C5H9N. The fourth-order valence-corrected chi connectivity index (χ4v) is 0.217. The lowest BCUT2D eigenvalue weighted by Gasteiger charge is -1.72. The van der Waals surface area contributed by atoms with E-state index in [2.05, 4.69) is 12.8 Å². The van der Waals surface area contributed by atoms with Crippen molar-refractivity contribution >= 4 is 5.87 Å². The van der Waals surface area contributed by atoms with Crippen molar-refractivity contribution in [3.63, 3.8) is 0 Å². The van der Waals surface area contributed by atoms with Crippen molar-refractivity contribution < 1.29 is 0 Å². The lowest BCUT2D eigenvalue weighted by molar-refractivity contribution is 0.964. The lowest BCUT2D eigenvalue weighted by Crippen LogP contribution is -1.57. The molecule has 0 unspecified atom stereocenters. The number of allylic oxidation sites excluding steroid dienone is 1. The first-order valence-corrected chi connectivity index (χ1v) is 2.15. The molecule has 0 rings (SSSR count). The molecular weight excluding hydrogens is 74.1 g/mol. The molecule has 0 aromatic heterocycles. The minimum absolute atomic E-state index is 0.990. The highest BCUT2D eigenvalue weighted by atomic mass is 14.3. The van der Waals surface area contributed by atoms with E-state index in [9.17, 15) is 0 Å². The van der Waals surface area contributed by atoms with Crippen LogP contribution in [0.25, 0.3) is 0 Å². The Morgan fingerprint density at radius 2 is 2.50 bits per heavy atom. The third-order valence-electron chi connectivity index (χ3n) is 0.535. The van der Waals surface area contributed by atoms with Crippen LogP contribution in [0.15, 0.2) is 6.08 Å². The molecule has 0 atom stereocenters. The smallest absolute Gasteiger partial charge is 0.0234 e. The second kappa shape index (κ2) is 4.45. The molecule has 0 aromatic carbocycles. The van der Waals surface area contributed by atoms with E-state index in [1.165, 1.54) is 0 Å². The van der Waals surface area contributed by atoms with Crippen molar-refractivity contribution in [2.45, 2.75) is 19.8 Å². The highest BCUT2D eigenvalue weighted by Crippen LogP contribution is 1.81. The van der Waals surface area contributed by atoms with Crippen LogP contribution in [-0.2, 0) is 0 Å². The van der Waals surface area contributed by atoms with Crippen LogP contribution in [-0.4, -0.2) is 5.87 Å². The van der Waals surface area contributed by atoms with Crippen molar-refractivity contribution in [1.29, 1.82) is 5.41 Å². The standard InChI is InChI=1S/C5H9N/c1-2-3-4-5-6/h4,6H,2-3H2,1H3. The van der Waals surface area contributed by atoms with Gasteiger partial charge in [0.25, 0.3) is 0 Å². The summed E-state index contributed by atoms with van der Waals surface area (Å²) in [6, 6.07) is 0. The Bertz CT molecular complexity index is 60.3. The zero-order valence-corrected chi connectivity index (χ0v) is 3.99. The summed E-state index contributed by atoms with van der Waals surface area (Å²) in [7, 11) is 0. The summed E-state index contributed by atoms with van der Waals surface area (Å²) in [6.07, 6.45) is 3.83. The van der Waals surface area contributed by atoms with Crippen molar-refractivity contribution in [2.75, 3.05) is 0 Å². The van der Waals surface area contributed by atoms with Gasteiger partial charge in [0.1, 0.15) is 0 Å². The van der Waals surface area contributed by atoms with Gasteiger partial charge in [-0.25, -0.2) is 0 Å². The van der Waals surface area contributed by atoms with Gasteiger partial charge in [0.05, 0.1) is 0 Å². The molecule has 1 N–H and O–H groups in total. The first kappa shape index (κ1) is 5.45. The van der Waals surface area contributed by atoms with E-state index in [0.29, 0.717) is 0 Å². The van der Waals surface area contributed by atoms with E-state index in [4.69, 9.17) is 5.41 Å². The van der Waals surface area contributed by atoms with Crippen LogP contribution in [0.5, 0.6) is 0 Å². The Morgan fingerprint density at radius 1 is 1.83 bits per heavy atom. The van der Waals surface area contributed by atoms with Gasteiger partial charge in [-0.2, -0.15) is 0 Å². The fraction of sp³-hybridized carbons (Fsp3) is 0.600. The molecule has 1 heteroatoms. The van der Waals surface area contributed by atoms with Crippen molar-refractivity contribution in [2.24, 2.45) is 0 Å². The van der Waals surface area contributed by atoms with E-state index < -0.39 is 0 Å². The number of hydrogen-bond acceptors (Lipinski definition) is 1. The van der Waals surface area contributed by atoms with Crippen LogP contribution >= 0.6 is 0 Å². The van der Waals surface area contributed by atoms with Crippen LogP contribution in [0.4, 0.5) is 0 Å². The SMILES string of the molecule is CCCC=C=N. The molecule has 0 bridgehead atoms. The van der Waals surface area contributed by atoms with Gasteiger partial charge in [-0.05, 0) is 18.4 Å². The molecule has 0 saturated carbocycles. The normalized spacial score (nSPS) is 6.83. The minimum atomic E-state index is 0.990. The molecule has 0 radical (unpaired) electrons. The zero-order chi connectivity index (χ0) is 4.83. The maximum Gasteiger partial charge on any atom is -0.0234 e. The molecule has 0 aromatic rings. The number of nitrogens with one attached hydrogen (secondary N) is 1. The summed E-state index contributed by atoms with van der Waals surface area (Å²) in [6.45, 7) is 2.08. The molecule has 0 fully saturated rings. The van der Waals surface area contributed by atoms with Crippen molar-refractivity contribution in [3.8, 4) is 0 Å². The number of hydrogen-bond donors (Lipinski definition) is 1. The summed E-state index contributed by atoms with van der Waals surface area (Å²) in [5.74, 6) is 2.19. The van der Waals surface area contributed by atoms with E-state index in [-0.39, 0.29) is 0 Å². The Morgan fingerprint density at radius 3 is 2.67 bits per heavy atom. The Balaban J connectivity index is 2.86. The number of unbranched alkanes of at least 4 members (excludes halogenated alkanes) is 1. The molecule has 6 heavy (non-hydrogen) atoms. The quantitative estimate of drug-likeness (QED) is 0.490. The largest absolute Gasteiger partial charge is 0.259 e. The van der Waals surface area contributed by atoms with E-state index in [1.54, 1.807) is 6.08 Å². The summed E-state index contributed by atoms with van der Waals surface area (Å²) in [4.78, 5) is 0. The van der Waals surface area contributed by atoms with Gasteiger partial charge in [-0.15, -0.1) is 0 Å². The molecule has 0 heterocycles. The highest BCUT2D eigenvalue weighted by molar-refractivity contribution is 5.46. The molecule has 0 spiro atoms. The lowest BCUT2D eigenvalue weighted by atomic mass is 10.3. The molecule has 34 valence electrons. The Hall–Kier alpha value is -0.550. The molecule has 0 amide bonds. The minimum Gasteiger partial charge on any atom is -0.259 e. The topological polar surface area (TPSA) is 23.9 Å². The zero-order valence-electron chi connectivity index (χ0n) is 3.99. The maximum atomic E-state index is 6.40. The van der Waals surface area contributed by atoms with Gasteiger partial charge < -0.3 is 0 Å². The third kappa shape index (κ3) is 3.45. The summed E-state index contributed by atoms with van der Waals surface area (Å²) >= 11 is 0. The Kier molecular flexibility index (Phi) is 4.04. The second-order valence-corrected chi connectivity index (χ2v) is 1.14. The van der Waals surface area contributed by atoms with Gasteiger partial charge in [-0.3, -0.25) is 5.41 Å². The van der Waals surface area contributed by atoms with Gasteiger partial charge in [0.2, 0.25) is 0 Å². The van der Waals surface area contributed by atoms with Gasteiger partial charge in [0.15, 0.2) is 0 Å². The predicted octanol–water partition coefficient (Wildman–Crippen LogP) is 1.59. The second-order valence-electron chi connectivity index (χ2n) is 1.14. The van der Waals surface area contributed by atoms with E-state index in [1.807, 2.05) is 0 Å². The fourth-order valence-electron chi connectivity index (χ4n) is 0.217. The molecule has 0 saturated heterocycles. The van der Waals surface area contributed by atoms with Crippen LogP contribution in [0.2, 0.25) is 0 Å². The van der Waals surface area contributed by atoms with E-state index in [0.717, 1.165) is 12.8 Å². The van der Waals surface area contributed by atoms with Crippen molar-refractivity contribution in [1.82, 2.24) is 0 Å². The molecule has 0 aliphatic heterocycles. The molecule has 0 aliphatic carbocycles. The van der Waals surface area contributed by atoms with Crippen LogP contribution in [0, 0.1) is 5.41 Å². The highest BCUT2D eigenvalue weighted by Gasteiger charge is 1.64. The van der Waals surface area contributed by atoms with Crippen LogP contribution in [0.1, 0.15) is 19.8 Å². The predicted molar refractivity (Wildman–Crippen MR) is 27.2 cm³/mol. The summed E-state index contributed by atoms with van der Waals surface area (Å²) < 4.78 is 0. The summed E-state index contributed by atoms with van der Waals surface area (Å²) in [5, 5.41) is 6.40. The monoisotopic (exact) mass is 83.1 g/mol. The van der Waals surface area contributed by atoms with Gasteiger partial charge in [0, 0.05) is 0 Å². The first-order valence-electron chi connectivity index (χ1n) is 2.15. The summed E-state index contributed by atoms with van der Waals surface area (Å²) in [5.41, 5.74) is 0. The average Bonchev–Trinajstić information content (AvgIpc) is 1.61. The van der Waals surface area contributed by atoms with Gasteiger partial charge in [-0.1, -0.05) is 13.3 Å². The van der Waals surface area contributed by atoms with Crippen LogP contribution < -0.4 is 0 Å². The van der Waals surface area contributed by atoms with Crippen LogP contribution in [0.3, 0.4) is 0 Å². The molecule has 1 nitrogen and oxygen atoms in total. The van der Waals surface area contributed by atoms with Crippen molar-refractivity contribution in [3.05, 3.63) is 6.08 Å². The number of rotatable bonds is 2. The molecule has 0 aliphatic rings. The van der Waals surface area contributed by atoms with E-state index >= 15 is 0 Å². The first-order chi connectivity index (χ1) is 2.91.